The van der Waals surface area contributed by atoms with Crippen LogP contribution in [-0.4, -0.2) is 34.3 Å². The van der Waals surface area contributed by atoms with Crippen molar-refractivity contribution in [2.45, 2.75) is 19.4 Å². The van der Waals surface area contributed by atoms with E-state index in [1.54, 1.807) is 40.6 Å². The van der Waals surface area contributed by atoms with E-state index >= 15 is 0 Å². The van der Waals surface area contributed by atoms with Gasteiger partial charge >= 0.3 is 0 Å². The van der Waals surface area contributed by atoms with Gasteiger partial charge in [-0.2, -0.15) is 0 Å². The summed E-state index contributed by atoms with van der Waals surface area (Å²) in [5, 5.41) is 3.02. The van der Waals surface area contributed by atoms with Crippen molar-refractivity contribution in [2.75, 3.05) is 28.4 Å². The van der Waals surface area contributed by atoms with Gasteiger partial charge in [0.1, 0.15) is 0 Å². The second-order valence-electron chi connectivity index (χ2n) is 6.03. The van der Waals surface area contributed by atoms with Crippen LogP contribution in [0, 0.1) is 0 Å². The van der Waals surface area contributed by atoms with E-state index in [0.29, 0.717) is 23.0 Å². The Morgan fingerprint density at radius 1 is 0.893 bits per heavy atom. The molecule has 6 nitrogen and oxygen atoms in total. The van der Waals surface area contributed by atoms with Crippen LogP contribution in [0.15, 0.2) is 42.5 Å². The van der Waals surface area contributed by atoms with Crippen LogP contribution in [0.25, 0.3) is 6.08 Å². The van der Waals surface area contributed by atoms with E-state index in [2.05, 4.69) is 5.32 Å². The van der Waals surface area contributed by atoms with Crippen molar-refractivity contribution in [1.29, 1.82) is 0 Å². The lowest BCUT2D eigenvalue weighted by atomic mass is 10.0. The highest BCUT2D eigenvalue weighted by molar-refractivity contribution is 5.92. The van der Waals surface area contributed by atoms with E-state index in [-0.39, 0.29) is 11.9 Å². The molecule has 2 aromatic rings. The third kappa shape index (κ3) is 5.19. The number of rotatable bonds is 9. The molecule has 0 spiro atoms. The van der Waals surface area contributed by atoms with Crippen LogP contribution in [0.5, 0.6) is 23.0 Å². The number of ether oxygens (including phenoxy) is 4. The van der Waals surface area contributed by atoms with Gasteiger partial charge in [-0.3, -0.25) is 4.79 Å². The van der Waals surface area contributed by atoms with Crippen LogP contribution in [0.1, 0.15) is 30.5 Å². The molecule has 1 atom stereocenters. The molecule has 0 aliphatic carbocycles. The highest BCUT2D eigenvalue weighted by atomic mass is 16.5. The van der Waals surface area contributed by atoms with Crippen LogP contribution >= 0.6 is 0 Å². The summed E-state index contributed by atoms with van der Waals surface area (Å²) in [6.45, 7) is 2.01. The van der Waals surface area contributed by atoms with Gasteiger partial charge in [-0.25, -0.2) is 0 Å². The summed E-state index contributed by atoms with van der Waals surface area (Å²) in [7, 11) is 6.34. The quantitative estimate of drug-likeness (QED) is 0.661. The van der Waals surface area contributed by atoms with Crippen LogP contribution in [0.3, 0.4) is 0 Å². The summed E-state index contributed by atoms with van der Waals surface area (Å²) in [4.78, 5) is 12.4. The first-order chi connectivity index (χ1) is 13.6. The minimum Gasteiger partial charge on any atom is -0.493 e. The fourth-order valence-electron chi connectivity index (χ4n) is 2.84. The molecule has 0 saturated heterocycles. The summed E-state index contributed by atoms with van der Waals surface area (Å²) in [5.74, 6) is 2.36. The Balaban J connectivity index is 2.11. The Bertz CT molecular complexity index is 832. The molecular formula is C22H27NO5. The SMILES string of the molecule is CCC(NC(=O)/C=C/c1ccc(OC)c(OC)c1)c1ccc(OC)c(OC)c1. The average molecular weight is 385 g/mol. The molecule has 0 saturated carbocycles. The molecule has 2 aromatic carbocycles. The van der Waals surface area contributed by atoms with Crippen molar-refractivity contribution in [2.24, 2.45) is 0 Å². The molecule has 1 amide bonds. The summed E-state index contributed by atoms with van der Waals surface area (Å²) in [6.07, 6.45) is 3.98. The monoisotopic (exact) mass is 385 g/mol. The Kier molecular flexibility index (Phi) is 7.75. The maximum atomic E-state index is 12.4. The van der Waals surface area contributed by atoms with Crippen LogP contribution in [0.2, 0.25) is 0 Å². The lowest BCUT2D eigenvalue weighted by molar-refractivity contribution is -0.117. The van der Waals surface area contributed by atoms with E-state index < -0.39 is 0 Å². The topological polar surface area (TPSA) is 66.0 Å². The number of amides is 1. The number of carbonyl (C=O) groups is 1. The van der Waals surface area contributed by atoms with E-state index in [0.717, 1.165) is 17.5 Å². The van der Waals surface area contributed by atoms with Gasteiger partial charge in [0, 0.05) is 6.08 Å². The van der Waals surface area contributed by atoms with Crippen molar-refractivity contribution in [3.8, 4) is 23.0 Å². The fraction of sp³-hybridized carbons (Fsp3) is 0.318. The minimum absolute atomic E-state index is 0.137. The van der Waals surface area contributed by atoms with Gasteiger partial charge in [-0.1, -0.05) is 19.1 Å². The zero-order valence-corrected chi connectivity index (χ0v) is 16.9. The first-order valence-corrected chi connectivity index (χ1v) is 8.98. The lowest BCUT2D eigenvalue weighted by Gasteiger charge is -2.18. The second kappa shape index (κ2) is 10.3. The molecule has 0 heterocycles. The van der Waals surface area contributed by atoms with E-state index in [9.17, 15) is 4.79 Å². The molecule has 0 fully saturated rings. The van der Waals surface area contributed by atoms with Crippen LogP contribution < -0.4 is 24.3 Å². The standard InChI is InChI=1S/C22H27NO5/c1-6-17(16-9-11-19(26-3)21(14-16)28-5)23-22(24)12-8-15-7-10-18(25-2)20(13-15)27-4/h7-14,17H,6H2,1-5H3,(H,23,24)/b12-8+. The predicted molar refractivity (Wildman–Crippen MR) is 109 cm³/mol. The summed E-state index contributed by atoms with van der Waals surface area (Å²) >= 11 is 0. The Labute approximate surface area is 166 Å². The first kappa shape index (κ1) is 21.2. The van der Waals surface area contributed by atoms with E-state index in [4.69, 9.17) is 18.9 Å². The maximum Gasteiger partial charge on any atom is 0.244 e. The summed E-state index contributed by atoms with van der Waals surface area (Å²) in [5.41, 5.74) is 1.79. The zero-order valence-electron chi connectivity index (χ0n) is 16.9. The highest BCUT2D eigenvalue weighted by Crippen LogP contribution is 2.31. The van der Waals surface area contributed by atoms with Crippen molar-refractivity contribution < 1.29 is 23.7 Å². The molecule has 1 N–H and O–H groups in total. The zero-order chi connectivity index (χ0) is 20.5. The molecule has 0 bridgehead atoms. The molecule has 0 radical (unpaired) electrons. The van der Waals surface area contributed by atoms with Gasteiger partial charge in [0.15, 0.2) is 23.0 Å². The molecule has 0 aromatic heterocycles. The average Bonchev–Trinajstić information content (AvgIpc) is 2.75. The molecular weight excluding hydrogens is 358 g/mol. The fourth-order valence-corrected chi connectivity index (χ4v) is 2.84. The van der Waals surface area contributed by atoms with Gasteiger partial charge in [0.05, 0.1) is 34.5 Å². The van der Waals surface area contributed by atoms with Crippen molar-refractivity contribution in [3.05, 3.63) is 53.6 Å². The largest absolute Gasteiger partial charge is 0.493 e. The Morgan fingerprint density at radius 3 is 2.04 bits per heavy atom. The second-order valence-corrected chi connectivity index (χ2v) is 6.03. The van der Waals surface area contributed by atoms with Gasteiger partial charge in [-0.05, 0) is 47.9 Å². The number of nitrogens with one attached hydrogen (secondary N) is 1. The van der Waals surface area contributed by atoms with Crippen LogP contribution in [0.4, 0.5) is 0 Å². The highest BCUT2D eigenvalue weighted by Gasteiger charge is 2.14. The van der Waals surface area contributed by atoms with Gasteiger partial charge in [0.2, 0.25) is 5.91 Å². The molecule has 2 rings (SSSR count). The van der Waals surface area contributed by atoms with Gasteiger partial charge < -0.3 is 24.3 Å². The van der Waals surface area contributed by atoms with Crippen LogP contribution in [-0.2, 0) is 4.79 Å². The van der Waals surface area contributed by atoms with E-state index in [1.165, 1.54) is 6.08 Å². The summed E-state index contributed by atoms with van der Waals surface area (Å²) in [6, 6.07) is 11.0. The number of hydrogen-bond acceptors (Lipinski definition) is 5. The number of carbonyl (C=O) groups excluding carboxylic acids is 1. The minimum atomic E-state index is -0.184. The third-order valence-corrected chi connectivity index (χ3v) is 4.37. The molecule has 0 aliphatic rings. The van der Waals surface area contributed by atoms with Gasteiger partial charge in [0.25, 0.3) is 0 Å². The number of methoxy groups -OCH3 is 4. The van der Waals surface area contributed by atoms with Crippen molar-refractivity contribution in [1.82, 2.24) is 5.32 Å². The van der Waals surface area contributed by atoms with Gasteiger partial charge in [-0.15, -0.1) is 0 Å². The molecule has 0 aliphatic heterocycles. The maximum absolute atomic E-state index is 12.4. The third-order valence-electron chi connectivity index (χ3n) is 4.37. The molecule has 1 unspecified atom stereocenters. The summed E-state index contributed by atoms with van der Waals surface area (Å²) < 4.78 is 21.1. The molecule has 150 valence electrons. The van der Waals surface area contributed by atoms with E-state index in [1.807, 2.05) is 37.3 Å². The normalized spacial score (nSPS) is 11.8. The number of benzene rings is 2. The van der Waals surface area contributed by atoms with Crippen molar-refractivity contribution >= 4 is 12.0 Å². The smallest absolute Gasteiger partial charge is 0.244 e. The van der Waals surface area contributed by atoms with Crippen molar-refractivity contribution in [3.63, 3.8) is 0 Å². The lowest BCUT2D eigenvalue weighted by Crippen LogP contribution is -2.26. The molecule has 28 heavy (non-hydrogen) atoms. The molecule has 6 heteroatoms. The Hall–Kier alpha value is -3.15. The first-order valence-electron chi connectivity index (χ1n) is 8.98. The number of hydrogen-bond donors (Lipinski definition) is 1. The predicted octanol–water partition coefficient (Wildman–Crippen LogP) is 4.00. The Morgan fingerprint density at radius 2 is 1.46 bits per heavy atom.